The average Bonchev–Trinajstić information content (AvgIpc) is 2.50. The van der Waals surface area contributed by atoms with Crippen molar-refractivity contribution >= 4 is 26.8 Å². The van der Waals surface area contributed by atoms with Crippen molar-refractivity contribution in [1.82, 2.24) is 4.72 Å². The molecule has 0 fully saturated rings. The number of ether oxygens (including phenoxy) is 1. The molecule has 0 saturated heterocycles. The number of nitrogens with one attached hydrogen (secondary N) is 1. The van der Waals surface area contributed by atoms with E-state index in [-0.39, 0.29) is 23.6 Å². The molecule has 6 heteroatoms. The van der Waals surface area contributed by atoms with Crippen molar-refractivity contribution in [2.45, 2.75) is 11.8 Å². The molecule has 2 aromatic rings. The van der Waals surface area contributed by atoms with Gasteiger partial charge in [0.2, 0.25) is 10.0 Å². The molecule has 1 N–H and O–H groups in total. The van der Waals surface area contributed by atoms with Gasteiger partial charge >= 0.3 is 5.97 Å². The summed E-state index contributed by atoms with van der Waals surface area (Å²) in [5.74, 6) is -0.538. The minimum absolute atomic E-state index is 0.00454. The average molecular weight is 319 g/mol. The molecule has 0 unspecified atom stereocenters. The Hall–Kier alpha value is -2.18. The highest BCUT2D eigenvalue weighted by Gasteiger charge is 2.16. The third-order valence-electron chi connectivity index (χ3n) is 3.01. The molecular formula is C16H17NO4S. The highest BCUT2D eigenvalue weighted by atomic mass is 32.2. The second-order valence-electron chi connectivity index (χ2n) is 4.79. The summed E-state index contributed by atoms with van der Waals surface area (Å²) < 4.78 is 32.0. The van der Waals surface area contributed by atoms with Crippen molar-refractivity contribution in [2.24, 2.45) is 0 Å². The van der Waals surface area contributed by atoms with Crippen LogP contribution in [0, 0.1) is 0 Å². The fraction of sp³-hybridized carbons (Fsp3) is 0.188. The fourth-order valence-corrected chi connectivity index (χ4v) is 3.19. The summed E-state index contributed by atoms with van der Waals surface area (Å²) in [6.07, 6.45) is 0. The molecule has 0 amide bonds. The molecule has 5 nitrogen and oxygen atoms in total. The Morgan fingerprint density at radius 3 is 2.59 bits per heavy atom. The lowest BCUT2D eigenvalue weighted by atomic mass is 10.1. The summed E-state index contributed by atoms with van der Waals surface area (Å²) in [4.78, 5) is 11.4. The molecule has 2 aromatic carbocycles. The Morgan fingerprint density at radius 1 is 1.18 bits per heavy atom. The van der Waals surface area contributed by atoms with Gasteiger partial charge in [-0.05, 0) is 18.4 Å². The molecular weight excluding hydrogens is 302 g/mol. The van der Waals surface area contributed by atoms with E-state index in [1.165, 1.54) is 6.92 Å². The van der Waals surface area contributed by atoms with E-state index in [0.29, 0.717) is 5.39 Å². The number of rotatable bonds is 6. The van der Waals surface area contributed by atoms with Crippen molar-refractivity contribution in [3.8, 4) is 0 Å². The van der Waals surface area contributed by atoms with Gasteiger partial charge in [0, 0.05) is 17.5 Å². The van der Waals surface area contributed by atoms with Crippen LogP contribution >= 0.6 is 0 Å². The number of benzene rings is 2. The SMILES string of the molecule is C=C(C)C(=O)OCCNS(=O)(=O)c1cccc2ccccc12. The van der Waals surface area contributed by atoms with Gasteiger partial charge in [-0.15, -0.1) is 0 Å². The summed E-state index contributed by atoms with van der Waals surface area (Å²) in [5, 5.41) is 1.50. The number of sulfonamides is 1. The lowest BCUT2D eigenvalue weighted by Crippen LogP contribution is -2.28. The molecule has 0 spiro atoms. The molecule has 0 heterocycles. The van der Waals surface area contributed by atoms with Gasteiger partial charge in [0.25, 0.3) is 0 Å². The minimum Gasteiger partial charge on any atom is -0.461 e. The van der Waals surface area contributed by atoms with Crippen molar-refractivity contribution in [3.05, 3.63) is 54.6 Å². The van der Waals surface area contributed by atoms with Gasteiger partial charge in [0.05, 0.1) is 4.90 Å². The first-order valence-electron chi connectivity index (χ1n) is 6.72. The lowest BCUT2D eigenvalue weighted by Gasteiger charge is -2.10. The summed E-state index contributed by atoms with van der Waals surface area (Å²) in [7, 11) is -3.67. The largest absolute Gasteiger partial charge is 0.461 e. The molecule has 0 atom stereocenters. The van der Waals surface area contributed by atoms with Crippen LogP contribution in [-0.4, -0.2) is 27.5 Å². The maximum absolute atomic E-state index is 12.4. The maximum Gasteiger partial charge on any atom is 0.333 e. The predicted molar refractivity (Wildman–Crippen MR) is 84.9 cm³/mol. The van der Waals surface area contributed by atoms with E-state index in [4.69, 9.17) is 4.74 Å². The molecule has 0 aliphatic carbocycles. The number of esters is 1. The Balaban J connectivity index is 2.10. The first-order chi connectivity index (χ1) is 10.4. The van der Waals surface area contributed by atoms with Crippen LogP contribution in [0.4, 0.5) is 0 Å². The molecule has 22 heavy (non-hydrogen) atoms. The summed E-state index contributed by atoms with van der Waals surface area (Å²) >= 11 is 0. The molecule has 0 aliphatic rings. The van der Waals surface area contributed by atoms with Gasteiger partial charge in [-0.25, -0.2) is 17.9 Å². The molecule has 2 rings (SSSR count). The Labute approximate surface area is 129 Å². The van der Waals surface area contributed by atoms with Gasteiger partial charge in [0.1, 0.15) is 6.61 Å². The van der Waals surface area contributed by atoms with Gasteiger partial charge in [0.15, 0.2) is 0 Å². The van der Waals surface area contributed by atoms with E-state index in [0.717, 1.165) is 5.39 Å². The number of hydrogen-bond donors (Lipinski definition) is 1. The smallest absolute Gasteiger partial charge is 0.333 e. The Morgan fingerprint density at radius 2 is 1.86 bits per heavy atom. The molecule has 0 radical (unpaired) electrons. The molecule has 0 bridgehead atoms. The quantitative estimate of drug-likeness (QED) is 0.503. The normalized spacial score (nSPS) is 11.3. The standard InChI is InChI=1S/C16H17NO4S/c1-12(2)16(18)21-11-10-17-22(19,20)15-9-5-7-13-6-3-4-8-14(13)15/h3-9,17H,1,10-11H2,2H3. The number of carbonyl (C=O) groups is 1. The van der Waals surface area contributed by atoms with Gasteiger partial charge in [-0.1, -0.05) is 43.0 Å². The van der Waals surface area contributed by atoms with Crippen molar-refractivity contribution in [1.29, 1.82) is 0 Å². The van der Waals surface area contributed by atoms with Crippen LogP contribution in [-0.2, 0) is 19.6 Å². The second kappa shape index (κ2) is 6.72. The van der Waals surface area contributed by atoms with Gasteiger partial charge in [-0.2, -0.15) is 0 Å². The van der Waals surface area contributed by atoms with E-state index in [1.807, 2.05) is 18.2 Å². The van der Waals surface area contributed by atoms with Crippen LogP contribution in [0.15, 0.2) is 59.5 Å². The molecule has 0 aliphatic heterocycles. The maximum atomic E-state index is 12.4. The van der Waals surface area contributed by atoms with Crippen LogP contribution in [0.3, 0.4) is 0 Å². The summed E-state index contributed by atoms with van der Waals surface area (Å²) in [6, 6.07) is 12.3. The van der Waals surface area contributed by atoms with Crippen LogP contribution in [0.1, 0.15) is 6.92 Å². The van der Waals surface area contributed by atoms with E-state index in [2.05, 4.69) is 11.3 Å². The van der Waals surface area contributed by atoms with Crippen LogP contribution in [0.5, 0.6) is 0 Å². The highest BCUT2D eigenvalue weighted by Crippen LogP contribution is 2.22. The van der Waals surface area contributed by atoms with E-state index < -0.39 is 16.0 Å². The molecule has 0 saturated carbocycles. The minimum atomic E-state index is -3.67. The lowest BCUT2D eigenvalue weighted by molar-refractivity contribution is -0.138. The fourth-order valence-electron chi connectivity index (χ4n) is 1.95. The van der Waals surface area contributed by atoms with E-state index in [1.54, 1.807) is 24.3 Å². The second-order valence-corrected chi connectivity index (χ2v) is 6.53. The van der Waals surface area contributed by atoms with Gasteiger partial charge < -0.3 is 4.74 Å². The van der Waals surface area contributed by atoms with Crippen LogP contribution in [0.2, 0.25) is 0 Å². The Bertz CT molecular complexity index is 807. The van der Waals surface area contributed by atoms with Crippen molar-refractivity contribution in [2.75, 3.05) is 13.2 Å². The van der Waals surface area contributed by atoms with E-state index in [9.17, 15) is 13.2 Å². The third kappa shape index (κ3) is 3.72. The predicted octanol–water partition coefficient (Wildman–Crippen LogP) is 2.24. The Kier molecular flexibility index (Phi) is 4.95. The zero-order valence-corrected chi connectivity index (χ0v) is 13.0. The third-order valence-corrected chi connectivity index (χ3v) is 4.53. The van der Waals surface area contributed by atoms with Crippen molar-refractivity contribution < 1.29 is 17.9 Å². The van der Waals surface area contributed by atoms with Crippen LogP contribution in [0.25, 0.3) is 10.8 Å². The highest BCUT2D eigenvalue weighted by molar-refractivity contribution is 7.89. The summed E-state index contributed by atoms with van der Waals surface area (Å²) in [6.45, 7) is 4.94. The topological polar surface area (TPSA) is 72.5 Å². The molecule has 0 aromatic heterocycles. The number of hydrogen-bond acceptors (Lipinski definition) is 4. The van der Waals surface area contributed by atoms with Crippen molar-refractivity contribution in [3.63, 3.8) is 0 Å². The first kappa shape index (κ1) is 16.2. The monoisotopic (exact) mass is 319 g/mol. The zero-order valence-electron chi connectivity index (χ0n) is 12.2. The van der Waals surface area contributed by atoms with E-state index >= 15 is 0 Å². The zero-order chi connectivity index (χ0) is 16.2. The first-order valence-corrected chi connectivity index (χ1v) is 8.20. The summed E-state index contributed by atoms with van der Waals surface area (Å²) in [5.41, 5.74) is 0.275. The number of fused-ring (bicyclic) bond motifs is 1. The van der Waals surface area contributed by atoms with Crippen LogP contribution < -0.4 is 4.72 Å². The molecule has 116 valence electrons. The van der Waals surface area contributed by atoms with Gasteiger partial charge in [-0.3, -0.25) is 0 Å². The number of carbonyl (C=O) groups excluding carboxylic acids is 1.